The number of halogens is 1. The number of hydrogen-bond acceptors (Lipinski definition) is 4. The minimum Gasteiger partial charge on any atom is -0.355 e. The molecule has 1 unspecified atom stereocenters. The van der Waals surface area contributed by atoms with Crippen LogP contribution in [0, 0.1) is 19.8 Å². The Bertz CT molecular complexity index is 678. The molecule has 6 nitrogen and oxygen atoms in total. The SMILES string of the molecule is Cc1ccc(C)c(C(=O)CCC(=O)N2CCCC(C(=O)NCCN)C2)c1.Cl. The number of rotatable bonds is 7. The Morgan fingerprint density at radius 1 is 1.22 bits per heavy atom. The number of ketones is 1. The molecule has 2 amide bonds. The topological polar surface area (TPSA) is 92.5 Å². The number of Topliss-reactive ketones (excluding diaryl/α,β-unsaturated/α-hetero) is 1. The summed E-state index contributed by atoms with van der Waals surface area (Å²) in [6.07, 6.45) is 1.96. The molecule has 3 N–H and O–H groups in total. The smallest absolute Gasteiger partial charge is 0.224 e. The van der Waals surface area contributed by atoms with Gasteiger partial charge in [0.15, 0.2) is 5.78 Å². The van der Waals surface area contributed by atoms with Gasteiger partial charge in [-0.1, -0.05) is 17.7 Å². The summed E-state index contributed by atoms with van der Waals surface area (Å²) in [7, 11) is 0. The molecule has 150 valence electrons. The van der Waals surface area contributed by atoms with Gasteiger partial charge in [-0.2, -0.15) is 0 Å². The zero-order chi connectivity index (χ0) is 19.1. The monoisotopic (exact) mass is 395 g/mol. The lowest BCUT2D eigenvalue weighted by atomic mass is 9.96. The molecule has 1 aliphatic heterocycles. The third-order valence-corrected chi connectivity index (χ3v) is 4.85. The predicted octanol–water partition coefficient (Wildman–Crippen LogP) is 2.00. The highest BCUT2D eigenvalue weighted by atomic mass is 35.5. The van der Waals surface area contributed by atoms with Crippen molar-refractivity contribution in [3.05, 3.63) is 34.9 Å². The Morgan fingerprint density at radius 2 is 1.96 bits per heavy atom. The molecule has 1 fully saturated rings. The van der Waals surface area contributed by atoms with E-state index < -0.39 is 0 Å². The van der Waals surface area contributed by atoms with Crippen molar-refractivity contribution in [2.24, 2.45) is 11.7 Å². The molecule has 0 radical (unpaired) electrons. The molecule has 0 bridgehead atoms. The first-order valence-corrected chi connectivity index (χ1v) is 9.28. The summed E-state index contributed by atoms with van der Waals surface area (Å²) >= 11 is 0. The van der Waals surface area contributed by atoms with E-state index in [1.165, 1.54) is 0 Å². The normalized spacial score (nSPS) is 16.4. The molecule has 1 atom stereocenters. The van der Waals surface area contributed by atoms with Gasteiger partial charge in [-0.3, -0.25) is 14.4 Å². The average molecular weight is 396 g/mol. The van der Waals surface area contributed by atoms with Gasteiger partial charge in [0.25, 0.3) is 0 Å². The van der Waals surface area contributed by atoms with Gasteiger partial charge < -0.3 is 16.0 Å². The van der Waals surface area contributed by atoms with Crippen LogP contribution in [-0.2, 0) is 9.59 Å². The maximum absolute atomic E-state index is 12.5. The number of aryl methyl sites for hydroxylation is 2. The van der Waals surface area contributed by atoms with Crippen molar-refractivity contribution in [1.29, 1.82) is 0 Å². The van der Waals surface area contributed by atoms with Crippen molar-refractivity contribution in [1.82, 2.24) is 10.2 Å². The Hall–Kier alpha value is -1.92. The average Bonchev–Trinajstić information content (AvgIpc) is 2.65. The molecule has 2 rings (SSSR count). The van der Waals surface area contributed by atoms with Crippen molar-refractivity contribution in [3.63, 3.8) is 0 Å². The van der Waals surface area contributed by atoms with E-state index in [1.807, 2.05) is 32.0 Å². The zero-order valence-electron chi connectivity index (χ0n) is 16.1. The number of carbonyl (C=O) groups is 3. The van der Waals surface area contributed by atoms with Crippen molar-refractivity contribution in [3.8, 4) is 0 Å². The lowest BCUT2D eigenvalue weighted by molar-refractivity contribution is -0.135. The van der Waals surface area contributed by atoms with Crippen LogP contribution in [0.4, 0.5) is 0 Å². The molecule has 0 aliphatic carbocycles. The summed E-state index contributed by atoms with van der Waals surface area (Å²) in [6, 6.07) is 5.78. The summed E-state index contributed by atoms with van der Waals surface area (Å²) in [5.74, 6) is -0.290. The van der Waals surface area contributed by atoms with E-state index in [-0.39, 0.29) is 48.8 Å². The molecule has 1 heterocycles. The summed E-state index contributed by atoms with van der Waals surface area (Å²) < 4.78 is 0. The van der Waals surface area contributed by atoms with E-state index in [0.717, 1.165) is 24.0 Å². The number of nitrogens with zero attached hydrogens (tertiary/aromatic N) is 1. The van der Waals surface area contributed by atoms with Crippen LogP contribution in [0.25, 0.3) is 0 Å². The van der Waals surface area contributed by atoms with Gasteiger partial charge in [0.05, 0.1) is 5.92 Å². The number of carbonyl (C=O) groups excluding carboxylic acids is 3. The van der Waals surface area contributed by atoms with Gasteiger partial charge in [0.2, 0.25) is 11.8 Å². The van der Waals surface area contributed by atoms with Crippen LogP contribution >= 0.6 is 12.4 Å². The number of nitrogens with one attached hydrogen (secondary N) is 1. The minimum absolute atomic E-state index is 0. The molecule has 0 saturated carbocycles. The number of likely N-dealkylation sites (tertiary alicyclic amines) is 1. The number of amides is 2. The predicted molar refractivity (Wildman–Crippen MR) is 108 cm³/mol. The Labute approximate surface area is 167 Å². The molecular formula is C20H30ClN3O3. The fourth-order valence-corrected chi connectivity index (χ4v) is 3.31. The van der Waals surface area contributed by atoms with Gasteiger partial charge in [-0.15, -0.1) is 12.4 Å². The maximum atomic E-state index is 12.5. The summed E-state index contributed by atoms with van der Waals surface area (Å²) in [6.45, 7) is 5.79. The van der Waals surface area contributed by atoms with Crippen LogP contribution in [0.1, 0.15) is 47.2 Å². The second-order valence-corrected chi connectivity index (χ2v) is 7.00. The molecule has 1 aromatic carbocycles. The van der Waals surface area contributed by atoms with E-state index >= 15 is 0 Å². The van der Waals surface area contributed by atoms with Crippen molar-refractivity contribution >= 4 is 30.0 Å². The molecule has 0 aromatic heterocycles. The highest BCUT2D eigenvalue weighted by Crippen LogP contribution is 2.19. The zero-order valence-corrected chi connectivity index (χ0v) is 16.9. The van der Waals surface area contributed by atoms with E-state index in [2.05, 4.69) is 5.32 Å². The largest absolute Gasteiger partial charge is 0.355 e. The van der Waals surface area contributed by atoms with E-state index in [9.17, 15) is 14.4 Å². The van der Waals surface area contributed by atoms with E-state index in [4.69, 9.17) is 5.73 Å². The number of benzene rings is 1. The highest BCUT2D eigenvalue weighted by molar-refractivity contribution is 5.99. The van der Waals surface area contributed by atoms with Crippen LogP contribution in [0.3, 0.4) is 0 Å². The third-order valence-electron chi connectivity index (χ3n) is 4.85. The Morgan fingerprint density at radius 3 is 2.67 bits per heavy atom. The number of hydrogen-bond donors (Lipinski definition) is 2. The molecule has 1 saturated heterocycles. The summed E-state index contributed by atoms with van der Waals surface area (Å²) in [5, 5.41) is 2.79. The first-order chi connectivity index (χ1) is 12.4. The third kappa shape index (κ3) is 6.63. The lowest BCUT2D eigenvalue weighted by Gasteiger charge is -2.32. The van der Waals surface area contributed by atoms with Gasteiger partial charge in [0, 0.05) is 44.6 Å². The molecular weight excluding hydrogens is 366 g/mol. The lowest BCUT2D eigenvalue weighted by Crippen LogP contribution is -2.46. The first kappa shape index (κ1) is 23.1. The Balaban J connectivity index is 0.00000364. The quantitative estimate of drug-likeness (QED) is 0.690. The molecule has 1 aliphatic rings. The number of piperidine rings is 1. The second kappa shape index (κ2) is 11.0. The van der Waals surface area contributed by atoms with Crippen molar-refractivity contribution in [2.75, 3.05) is 26.2 Å². The fraction of sp³-hybridized carbons (Fsp3) is 0.550. The molecule has 7 heteroatoms. The molecule has 27 heavy (non-hydrogen) atoms. The Kier molecular flexibility index (Phi) is 9.46. The van der Waals surface area contributed by atoms with Crippen LogP contribution in [0.2, 0.25) is 0 Å². The van der Waals surface area contributed by atoms with Crippen molar-refractivity contribution < 1.29 is 14.4 Å². The highest BCUT2D eigenvalue weighted by Gasteiger charge is 2.28. The second-order valence-electron chi connectivity index (χ2n) is 7.00. The van der Waals surface area contributed by atoms with Crippen LogP contribution in [0.15, 0.2) is 18.2 Å². The minimum atomic E-state index is -0.186. The number of nitrogens with two attached hydrogens (primary N) is 1. The van der Waals surface area contributed by atoms with Gasteiger partial charge >= 0.3 is 0 Å². The molecule has 1 aromatic rings. The van der Waals surface area contributed by atoms with E-state index in [0.29, 0.717) is 31.7 Å². The first-order valence-electron chi connectivity index (χ1n) is 9.28. The summed E-state index contributed by atoms with van der Waals surface area (Å²) in [5.41, 5.74) is 8.06. The van der Waals surface area contributed by atoms with Gasteiger partial charge in [-0.05, 0) is 38.3 Å². The van der Waals surface area contributed by atoms with Crippen LogP contribution in [-0.4, -0.2) is 48.7 Å². The van der Waals surface area contributed by atoms with Crippen molar-refractivity contribution in [2.45, 2.75) is 39.5 Å². The maximum Gasteiger partial charge on any atom is 0.224 e. The summed E-state index contributed by atoms with van der Waals surface area (Å²) in [4.78, 5) is 38.7. The molecule has 0 spiro atoms. The fourth-order valence-electron chi connectivity index (χ4n) is 3.31. The van der Waals surface area contributed by atoms with Crippen LogP contribution < -0.4 is 11.1 Å². The van der Waals surface area contributed by atoms with Gasteiger partial charge in [-0.25, -0.2) is 0 Å². The standard InChI is InChI=1S/C20H29N3O3.ClH/c1-14-5-6-15(2)17(12-14)18(24)7-8-19(25)23-11-3-4-16(13-23)20(26)22-10-9-21;/h5-6,12,16H,3-4,7-11,13,21H2,1-2H3,(H,22,26);1H. The van der Waals surface area contributed by atoms with Crippen LogP contribution in [0.5, 0.6) is 0 Å². The van der Waals surface area contributed by atoms with E-state index in [1.54, 1.807) is 4.90 Å². The van der Waals surface area contributed by atoms with Gasteiger partial charge in [0.1, 0.15) is 0 Å².